The monoisotopic (exact) mass is 461 g/mol. The van der Waals surface area contributed by atoms with Crippen molar-refractivity contribution >= 4 is 11.7 Å². The molecule has 3 heterocycles. The van der Waals surface area contributed by atoms with Crippen LogP contribution >= 0.6 is 0 Å². The highest BCUT2D eigenvalue weighted by Gasteiger charge is 2.46. The van der Waals surface area contributed by atoms with Crippen LogP contribution in [0.1, 0.15) is 30.5 Å². The molecule has 2 saturated heterocycles. The fourth-order valence-electron chi connectivity index (χ4n) is 4.79. The Bertz CT molecular complexity index is 1060. The molecule has 1 amide bonds. The molecule has 2 fully saturated rings. The molecule has 1 N–H and O–H groups in total. The number of carbonyl (C=O) groups excluding carboxylic acids is 1. The van der Waals surface area contributed by atoms with Gasteiger partial charge in [-0.05, 0) is 30.5 Å². The number of piperazine rings is 1. The molecule has 4 atom stereocenters. The number of anilines is 1. The predicted octanol–water partition coefficient (Wildman–Crippen LogP) is 3.25. The van der Waals surface area contributed by atoms with Gasteiger partial charge in [-0.1, -0.05) is 13.0 Å². The van der Waals surface area contributed by atoms with Crippen molar-refractivity contribution < 1.29 is 22.4 Å². The summed E-state index contributed by atoms with van der Waals surface area (Å²) in [7, 11) is 0. The van der Waals surface area contributed by atoms with Crippen LogP contribution in [0.2, 0.25) is 0 Å². The largest absolute Gasteiger partial charge is 0.347 e. The number of benzene rings is 1. The van der Waals surface area contributed by atoms with Gasteiger partial charge in [0.2, 0.25) is 5.91 Å². The summed E-state index contributed by atoms with van der Waals surface area (Å²) in [6, 6.07) is 6.25. The van der Waals surface area contributed by atoms with E-state index in [4.69, 9.17) is 5.26 Å². The van der Waals surface area contributed by atoms with Crippen LogP contribution in [0.4, 0.5) is 23.4 Å². The first kappa shape index (κ1) is 23.0. The maximum atomic E-state index is 14.0. The average molecular weight is 461 g/mol. The van der Waals surface area contributed by atoms with Gasteiger partial charge in [0.05, 0.1) is 24.2 Å². The summed E-state index contributed by atoms with van der Waals surface area (Å²) in [6.07, 6.45) is -0.613. The summed E-state index contributed by atoms with van der Waals surface area (Å²) >= 11 is 0. The lowest BCUT2D eigenvalue weighted by Crippen LogP contribution is -2.57. The second-order valence-corrected chi connectivity index (χ2v) is 8.52. The van der Waals surface area contributed by atoms with E-state index in [0.717, 1.165) is 24.4 Å². The van der Waals surface area contributed by atoms with Crippen molar-refractivity contribution in [2.75, 3.05) is 24.5 Å². The zero-order valence-electron chi connectivity index (χ0n) is 17.9. The number of nitrogens with zero attached hydrogens (tertiary/aromatic N) is 4. The molecule has 2 aromatic rings. The minimum atomic E-state index is -2.98. The summed E-state index contributed by atoms with van der Waals surface area (Å²) < 4.78 is 54.3. The van der Waals surface area contributed by atoms with Gasteiger partial charge in [0, 0.05) is 37.0 Å². The van der Waals surface area contributed by atoms with E-state index >= 15 is 0 Å². The number of alkyl halides is 2. The molecular weight excluding hydrogens is 438 g/mol. The van der Waals surface area contributed by atoms with Gasteiger partial charge in [0.25, 0.3) is 6.43 Å². The Kier molecular flexibility index (Phi) is 6.51. The third-order valence-electron chi connectivity index (χ3n) is 6.41. The predicted molar refractivity (Wildman–Crippen MR) is 112 cm³/mol. The highest BCUT2D eigenvalue weighted by Crippen LogP contribution is 2.37. The van der Waals surface area contributed by atoms with Crippen LogP contribution < -0.4 is 10.2 Å². The summed E-state index contributed by atoms with van der Waals surface area (Å²) in [4.78, 5) is 21.0. The van der Waals surface area contributed by atoms with Gasteiger partial charge >= 0.3 is 0 Å². The molecule has 0 saturated carbocycles. The van der Waals surface area contributed by atoms with Crippen LogP contribution in [0.5, 0.6) is 0 Å². The van der Waals surface area contributed by atoms with E-state index in [2.05, 4.69) is 22.1 Å². The molecule has 1 aromatic carbocycles. The van der Waals surface area contributed by atoms with Gasteiger partial charge in [0.1, 0.15) is 23.5 Å². The van der Waals surface area contributed by atoms with Gasteiger partial charge < -0.3 is 9.80 Å². The molecule has 6 nitrogen and oxygen atoms in total. The van der Waals surface area contributed by atoms with Crippen molar-refractivity contribution in [1.29, 1.82) is 5.26 Å². The number of nitrogens with one attached hydrogen (secondary N) is 1. The zero-order valence-corrected chi connectivity index (χ0v) is 17.9. The smallest absolute Gasteiger partial charge is 0.257 e. The maximum absolute atomic E-state index is 14.0. The second-order valence-electron chi connectivity index (χ2n) is 8.52. The Labute approximate surface area is 188 Å². The summed E-state index contributed by atoms with van der Waals surface area (Å²) in [5.41, 5.74) is 0.0785. The SMILES string of the molecule is C[C@H]1CC2CN(C(=O)CNC(c3ccc(F)cc3F)C(F)F)CC1N2c1ccc(C#N)cn1. The van der Waals surface area contributed by atoms with Crippen molar-refractivity contribution in [3.63, 3.8) is 0 Å². The molecule has 0 spiro atoms. The molecule has 2 aliphatic heterocycles. The molecule has 0 radical (unpaired) electrons. The molecule has 33 heavy (non-hydrogen) atoms. The molecule has 174 valence electrons. The van der Waals surface area contributed by atoms with E-state index in [1.165, 1.54) is 6.20 Å². The molecule has 1 aromatic heterocycles. The van der Waals surface area contributed by atoms with E-state index in [0.29, 0.717) is 30.6 Å². The van der Waals surface area contributed by atoms with E-state index in [1.54, 1.807) is 17.0 Å². The van der Waals surface area contributed by atoms with Crippen molar-refractivity contribution in [1.82, 2.24) is 15.2 Å². The quantitative estimate of drug-likeness (QED) is 0.669. The van der Waals surface area contributed by atoms with Crippen LogP contribution in [0.3, 0.4) is 0 Å². The number of aromatic nitrogens is 1. The lowest BCUT2D eigenvalue weighted by molar-refractivity contribution is -0.131. The van der Waals surface area contributed by atoms with Crippen molar-refractivity contribution in [3.8, 4) is 6.07 Å². The second kappa shape index (κ2) is 9.35. The molecule has 0 aliphatic carbocycles. The Balaban J connectivity index is 1.43. The molecule has 3 unspecified atom stereocenters. The van der Waals surface area contributed by atoms with Crippen LogP contribution in [-0.2, 0) is 4.79 Å². The molecule has 2 bridgehead atoms. The Morgan fingerprint density at radius 2 is 2.06 bits per heavy atom. The Morgan fingerprint density at radius 1 is 1.27 bits per heavy atom. The highest BCUT2D eigenvalue weighted by atomic mass is 19.3. The van der Waals surface area contributed by atoms with Crippen LogP contribution in [0.15, 0.2) is 36.5 Å². The van der Waals surface area contributed by atoms with Crippen molar-refractivity contribution in [2.24, 2.45) is 5.92 Å². The van der Waals surface area contributed by atoms with E-state index in [9.17, 15) is 22.4 Å². The highest BCUT2D eigenvalue weighted by molar-refractivity contribution is 5.79. The third kappa shape index (κ3) is 4.64. The molecular formula is C23H23F4N5O. The van der Waals surface area contributed by atoms with E-state index in [-0.39, 0.29) is 23.6 Å². The van der Waals surface area contributed by atoms with E-state index in [1.807, 2.05) is 6.07 Å². The first-order valence-electron chi connectivity index (χ1n) is 10.7. The molecule has 10 heteroatoms. The number of rotatable bonds is 6. The van der Waals surface area contributed by atoms with Gasteiger partial charge in [0.15, 0.2) is 0 Å². The minimum Gasteiger partial charge on any atom is -0.347 e. The third-order valence-corrected chi connectivity index (χ3v) is 6.41. The number of nitriles is 1. The summed E-state index contributed by atoms with van der Waals surface area (Å²) in [6.45, 7) is 2.52. The molecule has 2 aliphatic rings. The number of carbonyl (C=O) groups is 1. The first-order chi connectivity index (χ1) is 15.8. The summed E-state index contributed by atoms with van der Waals surface area (Å²) in [5, 5.41) is 11.4. The lowest BCUT2D eigenvalue weighted by Gasteiger charge is -2.42. The average Bonchev–Trinajstić information content (AvgIpc) is 2.98. The number of halogens is 4. The number of fused-ring (bicyclic) bond motifs is 2. The van der Waals surface area contributed by atoms with Gasteiger partial charge in [-0.2, -0.15) is 5.26 Å². The number of amides is 1. The van der Waals surface area contributed by atoms with Gasteiger partial charge in [-0.3, -0.25) is 10.1 Å². The van der Waals surface area contributed by atoms with Gasteiger partial charge in [-0.25, -0.2) is 22.5 Å². The number of likely N-dealkylation sites (tertiary alicyclic amines) is 1. The van der Waals surface area contributed by atoms with Crippen LogP contribution in [0, 0.1) is 28.9 Å². The number of hydrogen-bond donors (Lipinski definition) is 1. The Hall–Kier alpha value is -3.19. The fraction of sp³-hybridized carbons (Fsp3) is 0.435. The topological polar surface area (TPSA) is 72.3 Å². The fourth-order valence-corrected chi connectivity index (χ4v) is 4.79. The number of hydrogen-bond acceptors (Lipinski definition) is 5. The van der Waals surface area contributed by atoms with E-state index < -0.39 is 30.6 Å². The lowest BCUT2D eigenvalue weighted by atomic mass is 10.0. The van der Waals surface area contributed by atoms with Crippen molar-refractivity contribution in [3.05, 3.63) is 59.3 Å². The van der Waals surface area contributed by atoms with Crippen LogP contribution in [0.25, 0.3) is 0 Å². The van der Waals surface area contributed by atoms with Crippen LogP contribution in [-0.4, -0.2) is 53.9 Å². The maximum Gasteiger partial charge on any atom is 0.257 e. The normalized spacial score (nSPS) is 23.0. The van der Waals surface area contributed by atoms with Gasteiger partial charge in [-0.15, -0.1) is 0 Å². The number of pyridine rings is 1. The van der Waals surface area contributed by atoms with Crippen molar-refractivity contribution in [2.45, 2.75) is 37.9 Å². The minimum absolute atomic E-state index is 0.00794. The zero-order chi connectivity index (χ0) is 23.7. The Morgan fingerprint density at radius 3 is 2.67 bits per heavy atom. The standard InChI is InChI=1S/C23H23F4N5O/c1-13-6-16-11-31(12-19(13)32(16)20-5-2-14(8-28)9-29-20)21(33)10-30-22(23(26)27)17-4-3-15(24)7-18(17)25/h2-5,7,9,13,16,19,22-23,30H,6,10-12H2,1H3/t13-,16?,19?,22?/m0/s1. The first-order valence-corrected chi connectivity index (χ1v) is 10.7. The summed E-state index contributed by atoms with van der Waals surface area (Å²) in [5.74, 6) is -1.28. The molecule has 4 rings (SSSR count).